The largest absolute Gasteiger partial charge is 0.452 e. The summed E-state index contributed by atoms with van der Waals surface area (Å²) in [6, 6.07) is 20.3. The van der Waals surface area contributed by atoms with Crippen molar-refractivity contribution in [3.05, 3.63) is 60.7 Å². The first-order valence-electron chi connectivity index (χ1n) is 5.90. The summed E-state index contributed by atoms with van der Waals surface area (Å²) in [5.74, 6) is 0. The molecule has 0 aromatic heterocycles. The van der Waals surface area contributed by atoms with Crippen LogP contribution >= 0.6 is 0 Å². The van der Waals surface area contributed by atoms with Gasteiger partial charge in [0.25, 0.3) is 0 Å². The van der Waals surface area contributed by atoms with Gasteiger partial charge in [0.15, 0.2) is 0 Å². The van der Waals surface area contributed by atoms with Gasteiger partial charge in [-0.05, 0) is 17.6 Å². The zero-order valence-electron chi connectivity index (χ0n) is 10.1. The van der Waals surface area contributed by atoms with Crippen LogP contribution in [0.1, 0.15) is 0 Å². The Balaban J connectivity index is 1.98. The van der Waals surface area contributed by atoms with Crippen LogP contribution in [0.4, 0.5) is 5.69 Å². The number of nitrogens with zero attached hydrogens (tertiary/aromatic N) is 4. The van der Waals surface area contributed by atoms with Crippen LogP contribution in [0.5, 0.6) is 0 Å². The summed E-state index contributed by atoms with van der Waals surface area (Å²) in [4.78, 5) is 3.79. The summed E-state index contributed by atoms with van der Waals surface area (Å²) < 4.78 is 0. The topological polar surface area (TPSA) is 31.2 Å². The third kappa shape index (κ3) is 1.84. The molecule has 5 heteroatoms. The number of hydrogen-bond donors (Lipinski definition) is 0. The Bertz CT molecular complexity index is 543. The van der Waals surface area contributed by atoms with E-state index >= 15 is 0 Å². The first-order chi connectivity index (χ1) is 8.86. The molecule has 0 amide bonds. The van der Waals surface area contributed by atoms with Crippen LogP contribution in [0.25, 0.3) is 0 Å². The highest BCUT2D eigenvalue weighted by molar-refractivity contribution is 6.74. The normalized spacial score (nSPS) is 14.4. The highest BCUT2D eigenvalue weighted by atomic mass is 15.7. The van der Waals surface area contributed by atoms with Gasteiger partial charge < -0.3 is 0 Å². The molecular weight excluding hydrogens is 223 g/mol. The van der Waals surface area contributed by atoms with E-state index in [0.717, 1.165) is 5.69 Å². The van der Waals surface area contributed by atoms with Crippen molar-refractivity contribution in [3.8, 4) is 0 Å². The third-order valence-corrected chi connectivity index (χ3v) is 2.98. The molecule has 0 atom stereocenters. The van der Waals surface area contributed by atoms with Gasteiger partial charge in [-0.3, -0.25) is 9.84 Å². The van der Waals surface area contributed by atoms with Crippen molar-refractivity contribution >= 4 is 18.1 Å². The Morgan fingerprint density at radius 2 is 1.44 bits per heavy atom. The summed E-state index contributed by atoms with van der Waals surface area (Å²) >= 11 is 0. The second kappa shape index (κ2) is 4.53. The van der Waals surface area contributed by atoms with E-state index in [2.05, 4.69) is 22.6 Å². The van der Waals surface area contributed by atoms with Gasteiger partial charge >= 0.3 is 6.98 Å². The molecule has 18 heavy (non-hydrogen) atoms. The molecule has 0 N–H and O–H groups in total. The van der Waals surface area contributed by atoms with Gasteiger partial charge in [0.05, 0.1) is 0 Å². The quantitative estimate of drug-likeness (QED) is 0.748. The first-order valence-corrected chi connectivity index (χ1v) is 5.90. The SMILES string of the molecule is CN1N=NN(c2ccccc2)B1c1ccccc1. The Kier molecular flexibility index (Phi) is 2.72. The first kappa shape index (κ1) is 10.8. The molecule has 2 aromatic carbocycles. The molecule has 88 valence electrons. The van der Waals surface area contributed by atoms with Gasteiger partial charge in [0.1, 0.15) is 0 Å². The van der Waals surface area contributed by atoms with E-state index in [1.165, 1.54) is 5.46 Å². The molecule has 0 fully saturated rings. The van der Waals surface area contributed by atoms with Crippen molar-refractivity contribution in [2.75, 3.05) is 12.0 Å². The minimum absolute atomic E-state index is 0.0219. The number of benzene rings is 2. The van der Waals surface area contributed by atoms with Gasteiger partial charge in [0, 0.05) is 12.7 Å². The number of anilines is 1. The maximum atomic E-state index is 4.23. The molecule has 3 rings (SSSR count). The molecule has 0 saturated heterocycles. The van der Waals surface area contributed by atoms with Crippen molar-refractivity contribution in [1.29, 1.82) is 0 Å². The summed E-state index contributed by atoms with van der Waals surface area (Å²) in [6.07, 6.45) is 0. The molecule has 0 saturated carbocycles. The maximum absolute atomic E-state index is 4.23. The lowest BCUT2D eigenvalue weighted by atomic mass is 9.66. The van der Waals surface area contributed by atoms with E-state index in [1.54, 1.807) is 0 Å². The van der Waals surface area contributed by atoms with Crippen LogP contribution in [-0.2, 0) is 0 Å². The monoisotopic (exact) mass is 236 g/mol. The number of hydrogen-bond acceptors (Lipinski definition) is 4. The van der Waals surface area contributed by atoms with E-state index in [9.17, 15) is 0 Å². The highest BCUT2D eigenvalue weighted by Gasteiger charge is 2.36. The van der Waals surface area contributed by atoms with E-state index in [1.807, 2.05) is 65.4 Å². The van der Waals surface area contributed by atoms with E-state index in [-0.39, 0.29) is 6.98 Å². The van der Waals surface area contributed by atoms with Crippen LogP contribution in [0, 0.1) is 0 Å². The molecule has 4 nitrogen and oxygen atoms in total. The Morgan fingerprint density at radius 1 is 0.833 bits per heavy atom. The molecular formula is C13H13BN4. The molecule has 1 aliphatic heterocycles. The maximum Gasteiger partial charge on any atom is 0.452 e. The van der Waals surface area contributed by atoms with Gasteiger partial charge in [0.2, 0.25) is 0 Å². The predicted octanol–water partition coefficient (Wildman–Crippen LogP) is 2.12. The van der Waals surface area contributed by atoms with Gasteiger partial charge in [-0.25, -0.2) is 0 Å². The van der Waals surface area contributed by atoms with E-state index < -0.39 is 0 Å². The fourth-order valence-electron chi connectivity index (χ4n) is 2.12. The van der Waals surface area contributed by atoms with Crippen LogP contribution in [0.2, 0.25) is 0 Å². The number of rotatable bonds is 2. The molecule has 0 unspecified atom stereocenters. The zero-order chi connectivity index (χ0) is 12.4. The van der Waals surface area contributed by atoms with Crippen molar-refractivity contribution in [2.24, 2.45) is 10.4 Å². The van der Waals surface area contributed by atoms with E-state index in [4.69, 9.17) is 0 Å². The standard InChI is InChI=1S/C13H13BN4/c1-17-14(12-8-4-2-5-9-12)18(16-15-17)13-10-6-3-7-11-13/h2-11H,1H3. The van der Waals surface area contributed by atoms with Crippen molar-refractivity contribution in [3.63, 3.8) is 0 Å². The lowest BCUT2D eigenvalue weighted by Gasteiger charge is -2.21. The minimum atomic E-state index is 0.0219. The van der Waals surface area contributed by atoms with Crippen LogP contribution in [0.3, 0.4) is 0 Å². The molecule has 0 radical (unpaired) electrons. The zero-order valence-corrected chi connectivity index (χ0v) is 10.1. The van der Waals surface area contributed by atoms with Gasteiger partial charge in [-0.1, -0.05) is 59.0 Å². The second-order valence-corrected chi connectivity index (χ2v) is 4.22. The predicted molar refractivity (Wildman–Crippen MR) is 73.4 cm³/mol. The average Bonchev–Trinajstić information content (AvgIpc) is 2.83. The molecule has 1 heterocycles. The molecule has 0 spiro atoms. The van der Waals surface area contributed by atoms with Crippen molar-refractivity contribution in [1.82, 2.24) is 4.92 Å². The van der Waals surface area contributed by atoms with E-state index in [0.29, 0.717) is 0 Å². The van der Waals surface area contributed by atoms with Crippen LogP contribution in [-0.4, -0.2) is 19.0 Å². The molecule has 0 bridgehead atoms. The van der Waals surface area contributed by atoms with Crippen molar-refractivity contribution < 1.29 is 0 Å². The van der Waals surface area contributed by atoms with Crippen molar-refractivity contribution in [2.45, 2.75) is 0 Å². The van der Waals surface area contributed by atoms with Crippen LogP contribution in [0.15, 0.2) is 71.1 Å². The van der Waals surface area contributed by atoms with Gasteiger partial charge in [-0.15, -0.1) is 0 Å². The van der Waals surface area contributed by atoms with Gasteiger partial charge in [-0.2, -0.15) is 0 Å². The van der Waals surface area contributed by atoms with Crippen LogP contribution < -0.4 is 10.4 Å². The lowest BCUT2D eigenvalue weighted by Crippen LogP contribution is -2.51. The summed E-state index contributed by atoms with van der Waals surface area (Å²) in [5, 5.41) is 8.37. The average molecular weight is 236 g/mol. The second-order valence-electron chi connectivity index (χ2n) is 4.22. The summed E-state index contributed by atoms with van der Waals surface area (Å²) in [5.41, 5.74) is 2.22. The molecule has 1 aliphatic rings. The number of para-hydroxylation sites is 1. The fourth-order valence-corrected chi connectivity index (χ4v) is 2.12. The summed E-state index contributed by atoms with van der Waals surface area (Å²) in [7, 11) is 1.93. The third-order valence-electron chi connectivity index (χ3n) is 2.98. The lowest BCUT2D eigenvalue weighted by molar-refractivity contribution is 0.556. The smallest absolute Gasteiger partial charge is 0.293 e. The fraction of sp³-hybridized carbons (Fsp3) is 0.0769. The Labute approximate surface area is 107 Å². The Hall–Kier alpha value is -2.30. The minimum Gasteiger partial charge on any atom is -0.293 e. The Morgan fingerprint density at radius 3 is 2.11 bits per heavy atom. The summed E-state index contributed by atoms with van der Waals surface area (Å²) in [6.45, 7) is 0.0219. The molecule has 2 aromatic rings. The molecule has 0 aliphatic carbocycles. The highest BCUT2D eigenvalue weighted by Crippen LogP contribution is 2.21.